The highest BCUT2D eigenvalue weighted by molar-refractivity contribution is 5.95. The number of benzene rings is 1. The van der Waals surface area contributed by atoms with Crippen molar-refractivity contribution in [1.29, 1.82) is 0 Å². The van der Waals surface area contributed by atoms with Gasteiger partial charge in [0.2, 0.25) is 0 Å². The lowest BCUT2D eigenvalue weighted by Gasteiger charge is -2.21. The van der Waals surface area contributed by atoms with Gasteiger partial charge >= 0.3 is 0 Å². The predicted octanol–water partition coefficient (Wildman–Crippen LogP) is 4.20. The van der Waals surface area contributed by atoms with E-state index in [0.717, 1.165) is 55.8 Å². The van der Waals surface area contributed by atoms with Gasteiger partial charge in [-0.25, -0.2) is 4.98 Å². The largest absolute Gasteiger partial charge is 0.493 e. The van der Waals surface area contributed by atoms with Gasteiger partial charge in [0.15, 0.2) is 17.1 Å². The molecular formula is C27H29N5O3. The van der Waals surface area contributed by atoms with Crippen molar-refractivity contribution >= 4 is 11.6 Å². The Hall–Kier alpha value is -3.94. The summed E-state index contributed by atoms with van der Waals surface area (Å²) in [6.45, 7) is 1.82. The first kappa shape index (κ1) is 22.8. The van der Waals surface area contributed by atoms with Crippen molar-refractivity contribution in [1.82, 2.24) is 24.3 Å². The van der Waals surface area contributed by atoms with Crippen LogP contribution in [0.15, 0.2) is 67.4 Å². The first-order valence-electron chi connectivity index (χ1n) is 12.0. The lowest BCUT2D eigenvalue weighted by atomic mass is 9.95. The van der Waals surface area contributed by atoms with Crippen LogP contribution in [-0.2, 0) is 13.0 Å². The molecule has 0 spiro atoms. The monoisotopic (exact) mass is 471 g/mol. The molecule has 180 valence electrons. The van der Waals surface area contributed by atoms with E-state index in [1.54, 1.807) is 31.6 Å². The maximum Gasteiger partial charge on any atom is 0.253 e. The molecule has 8 heteroatoms. The summed E-state index contributed by atoms with van der Waals surface area (Å²) in [6.07, 6.45) is 13.3. The van der Waals surface area contributed by atoms with E-state index in [1.807, 2.05) is 46.0 Å². The fourth-order valence-corrected chi connectivity index (χ4v) is 4.58. The minimum atomic E-state index is 0.0261. The van der Waals surface area contributed by atoms with E-state index < -0.39 is 0 Å². The number of nitrogens with zero attached hydrogens (tertiary/aromatic N) is 5. The van der Waals surface area contributed by atoms with Crippen LogP contribution in [0.25, 0.3) is 5.65 Å². The van der Waals surface area contributed by atoms with Crippen LogP contribution < -0.4 is 9.47 Å². The molecule has 4 aromatic rings. The maximum absolute atomic E-state index is 13.3. The first-order chi connectivity index (χ1) is 17.2. The molecule has 1 aromatic carbocycles. The van der Waals surface area contributed by atoms with Crippen LogP contribution in [-0.4, -0.2) is 50.4 Å². The van der Waals surface area contributed by atoms with Gasteiger partial charge in [-0.15, -0.1) is 0 Å². The Bertz CT molecular complexity index is 1290. The fraction of sp³-hybridized carbons (Fsp3) is 0.333. The molecule has 0 aliphatic carbocycles. The Labute approximate surface area is 204 Å². The molecule has 1 fully saturated rings. The van der Waals surface area contributed by atoms with E-state index in [0.29, 0.717) is 29.6 Å². The van der Waals surface area contributed by atoms with Gasteiger partial charge in [-0.2, -0.15) is 0 Å². The minimum absolute atomic E-state index is 0.0261. The van der Waals surface area contributed by atoms with Gasteiger partial charge in [0.25, 0.3) is 5.91 Å². The molecule has 0 N–H and O–H groups in total. The highest BCUT2D eigenvalue weighted by Crippen LogP contribution is 2.30. The van der Waals surface area contributed by atoms with Crippen LogP contribution in [0, 0.1) is 5.92 Å². The molecule has 1 amide bonds. The van der Waals surface area contributed by atoms with Crippen LogP contribution in [0.4, 0.5) is 0 Å². The smallest absolute Gasteiger partial charge is 0.253 e. The number of ether oxygens (including phenoxy) is 2. The third-order valence-corrected chi connectivity index (χ3v) is 6.48. The Balaban J connectivity index is 1.20. The normalized spacial score (nSPS) is 16.1. The van der Waals surface area contributed by atoms with E-state index in [1.165, 1.54) is 0 Å². The molecule has 1 aliphatic heterocycles. The molecule has 0 radical (unpaired) electrons. The zero-order valence-corrected chi connectivity index (χ0v) is 19.8. The van der Waals surface area contributed by atoms with E-state index in [4.69, 9.17) is 9.47 Å². The summed E-state index contributed by atoms with van der Waals surface area (Å²) in [5, 5.41) is 0. The SMILES string of the molecule is COc1cc(C(=O)N2CCC[C@@H](Cc3cn4ccnc4cn3)CC2)ccc1OCc1ccccn1. The van der Waals surface area contributed by atoms with Crippen LogP contribution in [0.3, 0.4) is 0 Å². The molecule has 8 nitrogen and oxygen atoms in total. The van der Waals surface area contributed by atoms with Crippen LogP contribution >= 0.6 is 0 Å². The maximum atomic E-state index is 13.3. The number of imidazole rings is 1. The number of rotatable bonds is 7. The molecule has 0 saturated carbocycles. The lowest BCUT2D eigenvalue weighted by molar-refractivity contribution is 0.0759. The van der Waals surface area contributed by atoms with Crippen LogP contribution in [0.2, 0.25) is 0 Å². The zero-order valence-electron chi connectivity index (χ0n) is 19.8. The van der Waals surface area contributed by atoms with Crippen molar-refractivity contribution in [2.75, 3.05) is 20.2 Å². The molecule has 0 bridgehead atoms. The van der Waals surface area contributed by atoms with Crippen molar-refractivity contribution in [3.05, 3.63) is 84.3 Å². The number of aromatic nitrogens is 4. The van der Waals surface area contributed by atoms with E-state index in [-0.39, 0.29) is 5.91 Å². The Kier molecular flexibility index (Phi) is 6.88. The van der Waals surface area contributed by atoms with Gasteiger partial charge in [0, 0.05) is 43.4 Å². The molecule has 1 atom stereocenters. The van der Waals surface area contributed by atoms with E-state index in [2.05, 4.69) is 21.1 Å². The van der Waals surface area contributed by atoms with E-state index in [9.17, 15) is 4.79 Å². The molecule has 1 saturated heterocycles. The Morgan fingerprint density at radius 1 is 1.03 bits per heavy atom. The summed E-state index contributed by atoms with van der Waals surface area (Å²) in [6, 6.07) is 11.1. The number of hydrogen-bond donors (Lipinski definition) is 0. The topological polar surface area (TPSA) is 81.9 Å². The highest BCUT2D eigenvalue weighted by Gasteiger charge is 2.23. The quantitative estimate of drug-likeness (QED) is 0.402. The number of carbonyl (C=O) groups excluding carboxylic acids is 1. The second-order valence-corrected chi connectivity index (χ2v) is 8.84. The van der Waals surface area contributed by atoms with Crippen molar-refractivity contribution in [2.24, 2.45) is 5.92 Å². The van der Waals surface area contributed by atoms with Gasteiger partial charge in [-0.05, 0) is 61.9 Å². The fourth-order valence-electron chi connectivity index (χ4n) is 4.58. The summed E-state index contributed by atoms with van der Waals surface area (Å²) >= 11 is 0. The average Bonchev–Trinajstić information content (AvgIpc) is 3.25. The Morgan fingerprint density at radius 2 is 1.97 bits per heavy atom. The second-order valence-electron chi connectivity index (χ2n) is 8.84. The van der Waals surface area contributed by atoms with Gasteiger partial charge in [0.05, 0.1) is 24.7 Å². The molecule has 3 aromatic heterocycles. The zero-order chi connectivity index (χ0) is 24.0. The van der Waals surface area contributed by atoms with E-state index >= 15 is 0 Å². The van der Waals surface area contributed by atoms with Gasteiger partial charge < -0.3 is 18.8 Å². The minimum Gasteiger partial charge on any atom is -0.493 e. The van der Waals surface area contributed by atoms with Gasteiger partial charge in [0.1, 0.15) is 6.61 Å². The number of pyridine rings is 1. The summed E-state index contributed by atoms with van der Waals surface area (Å²) in [7, 11) is 1.59. The third kappa shape index (κ3) is 5.42. The van der Waals surface area contributed by atoms with Crippen molar-refractivity contribution in [3.63, 3.8) is 0 Å². The van der Waals surface area contributed by atoms with Crippen molar-refractivity contribution in [3.8, 4) is 11.5 Å². The second kappa shape index (κ2) is 10.5. The summed E-state index contributed by atoms with van der Waals surface area (Å²) in [5.74, 6) is 1.66. The van der Waals surface area contributed by atoms with Crippen LogP contribution in [0.1, 0.15) is 41.0 Å². The highest BCUT2D eigenvalue weighted by atomic mass is 16.5. The predicted molar refractivity (Wildman–Crippen MR) is 131 cm³/mol. The number of carbonyl (C=O) groups is 1. The first-order valence-corrected chi connectivity index (χ1v) is 12.0. The summed E-state index contributed by atoms with van der Waals surface area (Å²) in [5.41, 5.74) is 3.35. The summed E-state index contributed by atoms with van der Waals surface area (Å²) in [4.78, 5) is 28.4. The number of likely N-dealkylation sites (tertiary alicyclic amines) is 1. The molecular weight excluding hydrogens is 442 g/mol. The standard InChI is InChI=1S/C27H29N5O3/c1-34-25-16-21(7-8-24(25)35-19-22-6-2-3-10-28-22)27(33)31-12-4-5-20(9-13-31)15-23-18-32-14-11-29-26(32)17-30-23/h2-3,6-8,10-11,14,16-18,20H,4-5,9,12-13,15,19H2,1H3/t20-/m1/s1. The molecule has 5 rings (SSSR count). The lowest BCUT2D eigenvalue weighted by Crippen LogP contribution is -2.32. The van der Waals surface area contributed by atoms with Crippen molar-refractivity contribution in [2.45, 2.75) is 32.3 Å². The average molecular weight is 472 g/mol. The number of hydrogen-bond acceptors (Lipinski definition) is 6. The molecule has 1 aliphatic rings. The Morgan fingerprint density at radius 3 is 2.83 bits per heavy atom. The third-order valence-electron chi connectivity index (χ3n) is 6.48. The molecule has 4 heterocycles. The van der Waals surface area contributed by atoms with Crippen molar-refractivity contribution < 1.29 is 14.3 Å². The summed E-state index contributed by atoms with van der Waals surface area (Å²) < 4.78 is 13.4. The number of methoxy groups -OCH3 is 1. The molecule has 0 unspecified atom stereocenters. The number of fused-ring (bicyclic) bond motifs is 1. The van der Waals surface area contributed by atoms with Gasteiger partial charge in [-0.1, -0.05) is 6.07 Å². The molecule has 35 heavy (non-hydrogen) atoms. The van der Waals surface area contributed by atoms with Crippen LogP contribution in [0.5, 0.6) is 11.5 Å². The number of amides is 1. The van der Waals surface area contributed by atoms with Gasteiger partial charge in [-0.3, -0.25) is 14.8 Å².